The summed E-state index contributed by atoms with van der Waals surface area (Å²) in [5.41, 5.74) is 12.7. The van der Waals surface area contributed by atoms with Crippen molar-refractivity contribution >= 4 is 34.0 Å². The van der Waals surface area contributed by atoms with E-state index in [9.17, 15) is 0 Å². The first-order valence-corrected chi connectivity index (χ1v) is 21.0. The molecule has 5 nitrogen and oxygen atoms in total. The average Bonchev–Trinajstić information content (AvgIpc) is 3.56. The average molecular weight is 769 g/mol. The highest BCUT2D eigenvalue weighted by atomic mass is 32.2. The molecule has 0 amide bonds. The van der Waals surface area contributed by atoms with E-state index >= 15 is 0 Å². The molecule has 2 aliphatic heterocycles. The van der Waals surface area contributed by atoms with E-state index in [0.29, 0.717) is 0 Å². The van der Waals surface area contributed by atoms with Gasteiger partial charge in [-0.15, -0.1) is 0 Å². The highest BCUT2D eigenvalue weighted by molar-refractivity contribution is 8.15. The molecule has 6 aromatic rings. The molecule has 0 unspecified atom stereocenters. The molecule has 4 aromatic carbocycles. The second-order valence-electron chi connectivity index (χ2n) is 19.0. The number of fused-ring (bicyclic) bond motifs is 5. The largest absolute Gasteiger partial charge is 0.457 e. The molecule has 0 fully saturated rings. The fourth-order valence-corrected chi connectivity index (χ4v) is 10.7. The number of ether oxygens (including phenoxy) is 1. The van der Waals surface area contributed by atoms with Crippen LogP contribution in [0.25, 0.3) is 11.3 Å². The molecule has 3 aliphatic rings. The van der Waals surface area contributed by atoms with Gasteiger partial charge >= 0.3 is 0 Å². The number of benzene rings is 4. The van der Waals surface area contributed by atoms with Crippen molar-refractivity contribution in [1.82, 2.24) is 9.97 Å². The molecule has 2 aromatic heterocycles. The number of hydrogen-bond donors (Lipinski definition) is 0. The normalized spacial score (nSPS) is 20.7. The van der Waals surface area contributed by atoms with Crippen molar-refractivity contribution in [3.8, 4) is 22.8 Å². The minimum atomic E-state index is -0.276. The number of hydrogen-bond acceptors (Lipinski definition) is 6. The Morgan fingerprint density at radius 1 is 0.632 bits per heavy atom. The van der Waals surface area contributed by atoms with Crippen LogP contribution in [0.3, 0.4) is 0 Å². The van der Waals surface area contributed by atoms with Crippen molar-refractivity contribution in [2.45, 2.75) is 102 Å². The smallest absolute Gasteiger partial charge is 0.137 e. The van der Waals surface area contributed by atoms with Gasteiger partial charge in [0.25, 0.3) is 0 Å². The molecule has 6 heteroatoms. The van der Waals surface area contributed by atoms with Gasteiger partial charge in [-0.05, 0) is 119 Å². The van der Waals surface area contributed by atoms with E-state index in [-0.39, 0.29) is 26.5 Å². The van der Waals surface area contributed by atoms with Crippen LogP contribution < -0.4 is 9.64 Å². The summed E-state index contributed by atoms with van der Waals surface area (Å²) in [4.78, 5) is 17.6. The van der Waals surface area contributed by atoms with E-state index in [1.165, 1.54) is 33.4 Å². The SMILES string of the molecule is CC(C)(C)c1ccnc(N2c3ccccc3C(C)(C)c3ccc(Oc4cc(C5=N[C@]6(C)Cc7c(C(C)(C)C)cccc7[C@]6(C)S5)cc(-c5ccccn5)c4)cc32)c1. The molecule has 0 saturated heterocycles. The fourth-order valence-electron chi connectivity index (χ4n) is 9.22. The van der Waals surface area contributed by atoms with Crippen LogP contribution in [0.2, 0.25) is 0 Å². The summed E-state index contributed by atoms with van der Waals surface area (Å²) in [5, 5.41) is 1.04. The molecular formula is C51H52N4OS. The first-order chi connectivity index (χ1) is 27.0. The minimum absolute atomic E-state index is 0.0233. The number of anilines is 3. The lowest BCUT2D eigenvalue weighted by Gasteiger charge is -2.41. The number of aromatic nitrogens is 2. The van der Waals surface area contributed by atoms with Crippen LogP contribution >= 0.6 is 11.8 Å². The number of aliphatic imine (C=N–C) groups is 1. The van der Waals surface area contributed by atoms with Crippen molar-refractivity contribution in [2.24, 2.45) is 4.99 Å². The third kappa shape index (κ3) is 6.10. The van der Waals surface area contributed by atoms with Gasteiger partial charge in [0.1, 0.15) is 17.3 Å². The minimum Gasteiger partial charge on any atom is -0.457 e. The maximum absolute atomic E-state index is 6.94. The van der Waals surface area contributed by atoms with Gasteiger partial charge in [-0.2, -0.15) is 0 Å². The third-order valence-corrected chi connectivity index (χ3v) is 14.2. The predicted molar refractivity (Wildman–Crippen MR) is 238 cm³/mol. The lowest BCUT2D eigenvalue weighted by molar-refractivity contribution is 0.406. The zero-order chi connectivity index (χ0) is 40.1. The Balaban J connectivity index is 1.14. The molecule has 57 heavy (non-hydrogen) atoms. The van der Waals surface area contributed by atoms with Crippen LogP contribution in [0, 0.1) is 0 Å². The molecule has 0 saturated carbocycles. The Kier molecular flexibility index (Phi) is 8.46. The van der Waals surface area contributed by atoms with Crippen LogP contribution in [0.1, 0.15) is 108 Å². The van der Waals surface area contributed by atoms with Gasteiger partial charge in [0.05, 0.1) is 32.4 Å². The van der Waals surface area contributed by atoms with Gasteiger partial charge < -0.3 is 4.74 Å². The van der Waals surface area contributed by atoms with E-state index in [1.807, 2.05) is 36.3 Å². The van der Waals surface area contributed by atoms with E-state index in [2.05, 4.69) is 171 Å². The maximum Gasteiger partial charge on any atom is 0.137 e. The Labute approximate surface area is 342 Å². The van der Waals surface area contributed by atoms with Gasteiger partial charge in [-0.25, -0.2) is 4.98 Å². The standard InChI is InChI=1S/C51H52N4OS/c1-47(2,3)34-23-25-53-45(29-34)55-43-20-12-11-16-40(43)49(7,8)41-22-21-35(30-44(41)55)56-36-27-32(42-19-13-14-24-52-42)26-33(28-36)46-54-50(9)31-37-38(48(4,5)6)17-15-18-39(37)51(50,10)57-46/h11-30H,31H2,1-10H3/t50-,51+/m1/s1. The summed E-state index contributed by atoms with van der Waals surface area (Å²) in [6.07, 6.45) is 4.70. The molecule has 4 heterocycles. The van der Waals surface area contributed by atoms with Crippen LogP contribution in [0.15, 0.2) is 127 Å². The van der Waals surface area contributed by atoms with E-state index < -0.39 is 0 Å². The second kappa shape index (κ2) is 12.9. The van der Waals surface area contributed by atoms with Crippen molar-refractivity contribution in [3.63, 3.8) is 0 Å². The molecule has 9 rings (SSSR count). The number of pyridine rings is 2. The zero-order valence-corrected chi connectivity index (χ0v) is 35.7. The fraction of sp³-hybridized carbons (Fsp3) is 0.314. The van der Waals surface area contributed by atoms with Gasteiger partial charge in [0.15, 0.2) is 0 Å². The highest BCUT2D eigenvalue weighted by Crippen LogP contribution is 2.61. The van der Waals surface area contributed by atoms with Crippen molar-refractivity contribution in [3.05, 3.63) is 161 Å². The lowest BCUT2D eigenvalue weighted by Crippen LogP contribution is -2.36. The Morgan fingerprint density at radius 2 is 1.37 bits per heavy atom. The van der Waals surface area contributed by atoms with Gasteiger partial charge in [-0.3, -0.25) is 14.9 Å². The quantitative estimate of drug-likeness (QED) is 0.175. The summed E-state index contributed by atoms with van der Waals surface area (Å²) in [7, 11) is 0. The topological polar surface area (TPSA) is 50.6 Å². The number of thioether (sulfide) groups is 1. The summed E-state index contributed by atoms with van der Waals surface area (Å²) < 4.78 is 6.75. The van der Waals surface area contributed by atoms with Crippen LogP contribution in [-0.4, -0.2) is 20.6 Å². The zero-order valence-electron chi connectivity index (χ0n) is 34.9. The molecule has 0 bridgehead atoms. The molecule has 0 N–H and O–H groups in total. The van der Waals surface area contributed by atoms with Crippen LogP contribution in [-0.2, 0) is 27.4 Å². The molecule has 288 valence electrons. The molecule has 0 radical (unpaired) electrons. The maximum atomic E-state index is 6.94. The first kappa shape index (κ1) is 37.4. The van der Waals surface area contributed by atoms with E-state index in [4.69, 9.17) is 19.7 Å². The second-order valence-corrected chi connectivity index (χ2v) is 20.4. The number of nitrogens with zero attached hydrogens (tertiary/aromatic N) is 4. The van der Waals surface area contributed by atoms with Crippen LogP contribution in [0.4, 0.5) is 17.2 Å². The van der Waals surface area contributed by atoms with Gasteiger partial charge in [0, 0.05) is 35.0 Å². The number of para-hydroxylation sites is 1. The lowest BCUT2D eigenvalue weighted by atomic mass is 9.73. The summed E-state index contributed by atoms with van der Waals surface area (Å²) in [5.74, 6) is 2.39. The molecule has 2 atom stereocenters. The van der Waals surface area contributed by atoms with Crippen molar-refractivity contribution in [2.75, 3.05) is 4.90 Å². The summed E-state index contributed by atoms with van der Waals surface area (Å²) >= 11 is 1.89. The Hall–Kier alpha value is -5.20. The predicted octanol–water partition coefficient (Wildman–Crippen LogP) is 13.4. The first-order valence-electron chi connectivity index (χ1n) is 20.1. The van der Waals surface area contributed by atoms with E-state index in [0.717, 1.165) is 57.0 Å². The van der Waals surface area contributed by atoms with Crippen molar-refractivity contribution < 1.29 is 4.74 Å². The molecule has 0 spiro atoms. The van der Waals surface area contributed by atoms with Gasteiger partial charge in [0.2, 0.25) is 0 Å². The summed E-state index contributed by atoms with van der Waals surface area (Å²) in [6.45, 7) is 23.0. The molecular weight excluding hydrogens is 717 g/mol. The Bertz CT molecular complexity index is 2600. The summed E-state index contributed by atoms with van der Waals surface area (Å²) in [6, 6.07) is 39.0. The number of rotatable bonds is 5. The third-order valence-electron chi connectivity index (χ3n) is 12.6. The van der Waals surface area contributed by atoms with Crippen LogP contribution in [0.5, 0.6) is 11.5 Å². The Morgan fingerprint density at radius 3 is 2.12 bits per heavy atom. The van der Waals surface area contributed by atoms with E-state index in [1.54, 1.807) is 0 Å². The highest BCUT2D eigenvalue weighted by Gasteiger charge is 2.58. The molecule has 1 aliphatic carbocycles. The van der Waals surface area contributed by atoms with Crippen molar-refractivity contribution in [1.29, 1.82) is 0 Å². The monoisotopic (exact) mass is 768 g/mol. The van der Waals surface area contributed by atoms with Gasteiger partial charge in [-0.1, -0.05) is 116 Å².